The van der Waals surface area contributed by atoms with Gasteiger partial charge in [0.15, 0.2) is 0 Å². The second-order valence-electron chi connectivity index (χ2n) is 7.00. The fourth-order valence-electron chi connectivity index (χ4n) is 3.78. The zero-order valence-electron chi connectivity index (χ0n) is 13.7. The molecule has 24 heavy (non-hydrogen) atoms. The quantitative estimate of drug-likeness (QED) is 0.916. The fourth-order valence-corrected chi connectivity index (χ4v) is 3.78. The lowest BCUT2D eigenvalue weighted by Gasteiger charge is -2.43. The highest BCUT2D eigenvalue weighted by Gasteiger charge is 2.44. The zero-order chi connectivity index (χ0) is 17.4. The number of aromatic nitrogens is 1. The Morgan fingerprint density at radius 3 is 2.83 bits per heavy atom. The van der Waals surface area contributed by atoms with Crippen LogP contribution in [0.15, 0.2) is 18.3 Å². The van der Waals surface area contributed by atoms with Crippen molar-refractivity contribution in [1.82, 2.24) is 9.88 Å². The highest BCUT2D eigenvalue weighted by molar-refractivity contribution is 5.17. The third-order valence-electron chi connectivity index (χ3n) is 5.24. The average molecular weight is 344 g/mol. The van der Waals surface area contributed by atoms with Crippen molar-refractivity contribution in [2.75, 3.05) is 19.8 Å². The van der Waals surface area contributed by atoms with Crippen LogP contribution in [0.25, 0.3) is 0 Å². The van der Waals surface area contributed by atoms with Gasteiger partial charge >= 0.3 is 6.18 Å². The SMILES string of the molecule is CC1(O)CCOCC1C1CCCN1Cc1ccc(C(F)(F)F)cn1. The summed E-state index contributed by atoms with van der Waals surface area (Å²) < 4.78 is 43.4. The van der Waals surface area contributed by atoms with Crippen LogP contribution in [0, 0.1) is 5.92 Å². The van der Waals surface area contributed by atoms with Gasteiger partial charge in [0.2, 0.25) is 0 Å². The van der Waals surface area contributed by atoms with Gasteiger partial charge in [-0.2, -0.15) is 13.2 Å². The molecule has 0 bridgehead atoms. The van der Waals surface area contributed by atoms with E-state index < -0.39 is 17.3 Å². The summed E-state index contributed by atoms with van der Waals surface area (Å²) in [5.74, 6) is 0.0169. The van der Waals surface area contributed by atoms with E-state index in [1.165, 1.54) is 6.07 Å². The summed E-state index contributed by atoms with van der Waals surface area (Å²) >= 11 is 0. The summed E-state index contributed by atoms with van der Waals surface area (Å²) in [6, 6.07) is 2.69. The number of halogens is 3. The van der Waals surface area contributed by atoms with Crippen LogP contribution >= 0.6 is 0 Å². The van der Waals surface area contributed by atoms with Gasteiger partial charge in [0.25, 0.3) is 0 Å². The molecule has 1 aromatic heterocycles. The molecule has 0 amide bonds. The van der Waals surface area contributed by atoms with Crippen molar-refractivity contribution in [1.29, 1.82) is 0 Å². The highest BCUT2D eigenvalue weighted by Crippen LogP contribution is 2.36. The largest absolute Gasteiger partial charge is 0.417 e. The topological polar surface area (TPSA) is 45.6 Å². The molecule has 7 heteroatoms. The molecule has 0 aliphatic carbocycles. The van der Waals surface area contributed by atoms with Crippen molar-refractivity contribution in [3.8, 4) is 0 Å². The first-order valence-corrected chi connectivity index (χ1v) is 8.34. The van der Waals surface area contributed by atoms with Gasteiger partial charge in [-0.05, 0) is 44.9 Å². The lowest BCUT2D eigenvalue weighted by Crippen LogP contribution is -2.52. The minimum Gasteiger partial charge on any atom is -0.390 e. The summed E-state index contributed by atoms with van der Waals surface area (Å²) in [5.41, 5.74) is -0.877. The Kier molecular flexibility index (Phi) is 4.86. The normalized spacial score (nSPS) is 32.2. The molecule has 3 atom stereocenters. The van der Waals surface area contributed by atoms with E-state index in [0.29, 0.717) is 31.9 Å². The lowest BCUT2D eigenvalue weighted by molar-refractivity contribution is -0.137. The van der Waals surface area contributed by atoms with Crippen LogP contribution in [0.3, 0.4) is 0 Å². The van der Waals surface area contributed by atoms with E-state index in [-0.39, 0.29) is 12.0 Å². The molecule has 0 saturated carbocycles. The maximum absolute atomic E-state index is 12.6. The fraction of sp³-hybridized carbons (Fsp3) is 0.706. The first-order chi connectivity index (χ1) is 11.3. The molecular weight excluding hydrogens is 321 g/mol. The number of rotatable bonds is 3. The maximum atomic E-state index is 12.6. The predicted octanol–water partition coefficient (Wildman–Crippen LogP) is 2.85. The Bertz CT molecular complexity index is 560. The van der Waals surface area contributed by atoms with E-state index in [4.69, 9.17) is 4.74 Å². The summed E-state index contributed by atoms with van der Waals surface area (Å²) in [5, 5.41) is 10.7. The van der Waals surface area contributed by atoms with E-state index in [1.54, 1.807) is 0 Å². The van der Waals surface area contributed by atoms with E-state index in [2.05, 4.69) is 9.88 Å². The molecule has 2 aliphatic rings. The number of ether oxygens (including phenoxy) is 1. The smallest absolute Gasteiger partial charge is 0.390 e. The Labute approximate surface area is 139 Å². The van der Waals surface area contributed by atoms with E-state index in [1.807, 2.05) is 6.92 Å². The average Bonchev–Trinajstić information content (AvgIpc) is 2.94. The zero-order valence-corrected chi connectivity index (χ0v) is 13.7. The molecule has 2 fully saturated rings. The van der Waals surface area contributed by atoms with Crippen molar-refractivity contribution in [3.63, 3.8) is 0 Å². The molecule has 1 aromatic rings. The van der Waals surface area contributed by atoms with E-state index in [0.717, 1.165) is 31.6 Å². The summed E-state index contributed by atoms with van der Waals surface area (Å²) in [6.45, 7) is 4.30. The van der Waals surface area contributed by atoms with Crippen molar-refractivity contribution >= 4 is 0 Å². The third kappa shape index (κ3) is 3.73. The standard InChI is InChI=1S/C17H23F3N2O2/c1-16(23)6-8-24-11-14(16)15-3-2-7-22(15)10-13-5-4-12(9-21-13)17(18,19)20/h4-5,9,14-15,23H,2-3,6-8,10-11H2,1H3. The Hall–Kier alpha value is -1.18. The minimum absolute atomic E-state index is 0.0169. The Morgan fingerprint density at radius 2 is 2.21 bits per heavy atom. The van der Waals surface area contributed by atoms with Crippen LogP contribution in [-0.4, -0.2) is 46.4 Å². The molecule has 0 radical (unpaired) electrons. The molecule has 2 saturated heterocycles. The Balaban J connectivity index is 1.70. The van der Waals surface area contributed by atoms with Crippen LogP contribution in [0.4, 0.5) is 13.2 Å². The number of hydrogen-bond acceptors (Lipinski definition) is 4. The molecule has 3 unspecified atom stereocenters. The molecule has 1 N–H and O–H groups in total. The van der Waals surface area contributed by atoms with Gasteiger partial charge in [-0.25, -0.2) is 0 Å². The van der Waals surface area contributed by atoms with Crippen LogP contribution in [0.5, 0.6) is 0 Å². The number of nitrogens with zero attached hydrogens (tertiary/aromatic N) is 2. The Morgan fingerprint density at radius 1 is 1.42 bits per heavy atom. The summed E-state index contributed by atoms with van der Waals surface area (Å²) in [6.07, 6.45) is -0.886. The van der Waals surface area contributed by atoms with Crippen LogP contribution in [0.1, 0.15) is 37.4 Å². The molecular formula is C17H23F3N2O2. The molecule has 4 nitrogen and oxygen atoms in total. The van der Waals surface area contributed by atoms with Gasteiger partial charge in [0, 0.05) is 31.3 Å². The summed E-state index contributed by atoms with van der Waals surface area (Å²) in [7, 11) is 0. The van der Waals surface area contributed by atoms with Crippen molar-refractivity contribution in [2.24, 2.45) is 5.92 Å². The van der Waals surface area contributed by atoms with Gasteiger partial charge < -0.3 is 9.84 Å². The van der Waals surface area contributed by atoms with Crippen molar-refractivity contribution < 1.29 is 23.0 Å². The first-order valence-electron chi connectivity index (χ1n) is 8.34. The number of likely N-dealkylation sites (tertiary alicyclic amines) is 1. The van der Waals surface area contributed by atoms with Crippen LogP contribution < -0.4 is 0 Å². The van der Waals surface area contributed by atoms with Crippen molar-refractivity contribution in [2.45, 2.75) is 50.6 Å². The lowest BCUT2D eigenvalue weighted by atomic mass is 9.79. The number of aliphatic hydroxyl groups is 1. The summed E-state index contributed by atoms with van der Waals surface area (Å²) in [4.78, 5) is 6.18. The van der Waals surface area contributed by atoms with E-state index in [9.17, 15) is 18.3 Å². The van der Waals surface area contributed by atoms with Crippen molar-refractivity contribution in [3.05, 3.63) is 29.6 Å². The molecule has 0 spiro atoms. The molecule has 0 aromatic carbocycles. The predicted molar refractivity (Wildman–Crippen MR) is 82.2 cm³/mol. The third-order valence-corrected chi connectivity index (χ3v) is 5.24. The first kappa shape index (κ1) is 17.6. The monoisotopic (exact) mass is 344 g/mol. The number of alkyl halides is 3. The van der Waals surface area contributed by atoms with Gasteiger partial charge in [-0.15, -0.1) is 0 Å². The molecule has 2 aliphatic heterocycles. The van der Waals surface area contributed by atoms with Gasteiger partial charge in [0.05, 0.1) is 23.5 Å². The molecule has 3 heterocycles. The van der Waals surface area contributed by atoms with Crippen LogP contribution in [-0.2, 0) is 17.5 Å². The van der Waals surface area contributed by atoms with Gasteiger partial charge in [0.1, 0.15) is 0 Å². The highest BCUT2D eigenvalue weighted by atomic mass is 19.4. The second-order valence-corrected chi connectivity index (χ2v) is 7.00. The maximum Gasteiger partial charge on any atom is 0.417 e. The van der Waals surface area contributed by atoms with Crippen LogP contribution in [0.2, 0.25) is 0 Å². The molecule has 3 rings (SSSR count). The van der Waals surface area contributed by atoms with Gasteiger partial charge in [-0.3, -0.25) is 9.88 Å². The van der Waals surface area contributed by atoms with Gasteiger partial charge in [-0.1, -0.05) is 0 Å². The minimum atomic E-state index is -4.36. The second kappa shape index (κ2) is 6.61. The van der Waals surface area contributed by atoms with E-state index >= 15 is 0 Å². The molecule has 134 valence electrons. The number of pyridine rings is 1. The number of hydrogen-bond donors (Lipinski definition) is 1.